The van der Waals surface area contributed by atoms with E-state index in [1.54, 1.807) is 0 Å². The molecule has 0 aliphatic carbocycles. The summed E-state index contributed by atoms with van der Waals surface area (Å²) in [6, 6.07) is -0.690. The molecule has 1 atom stereocenters. The third kappa shape index (κ3) is 17.0. The monoisotopic (exact) mass is 249 g/mol. The maximum atomic E-state index is 10.1. The van der Waals surface area contributed by atoms with E-state index in [9.17, 15) is 14.4 Å². The fraction of sp³-hybridized carbons (Fsp3) is 0.700. The SMILES string of the molecule is CC(C)C[C@H](N)C(=O)O.O=C(O)CCC(=O)O. The predicted octanol–water partition coefficient (Wildman–Crippen LogP) is 0.380. The van der Waals surface area contributed by atoms with Crippen molar-refractivity contribution in [3.63, 3.8) is 0 Å². The molecule has 17 heavy (non-hydrogen) atoms. The molecular formula is C10H19NO6. The summed E-state index contributed by atoms with van der Waals surface area (Å²) in [6.07, 6.45) is -0.0417. The molecule has 0 radical (unpaired) electrons. The van der Waals surface area contributed by atoms with E-state index in [2.05, 4.69) is 0 Å². The maximum absolute atomic E-state index is 10.1. The number of aliphatic carboxylic acids is 3. The number of carboxylic acids is 3. The molecule has 0 aromatic heterocycles. The van der Waals surface area contributed by atoms with Crippen LogP contribution in [0.5, 0.6) is 0 Å². The van der Waals surface area contributed by atoms with Crippen LogP contribution in [0.4, 0.5) is 0 Å². The molecule has 0 aromatic rings. The van der Waals surface area contributed by atoms with E-state index >= 15 is 0 Å². The van der Waals surface area contributed by atoms with Gasteiger partial charge in [0.05, 0.1) is 12.8 Å². The number of nitrogens with two attached hydrogens (primary N) is 1. The van der Waals surface area contributed by atoms with E-state index in [1.165, 1.54) is 0 Å². The van der Waals surface area contributed by atoms with Crippen LogP contribution in [-0.2, 0) is 14.4 Å². The van der Waals surface area contributed by atoms with Crippen LogP contribution in [0.15, 0.2) is 0 Å². The van der Waals surface area contributed by atoms with E-state index in [0.717, 1.165) is 0 Å². The smallest absolute Gasteiger partial charge is 0.320 e. The third-order valence-electron chi connectivity index (χ3n) is 1.60. The maximum Gasteiger partial charge on any atom is 0.320 e. The highest BCUT2D eigenvalue weighted by atomic mass is 16.4. The first kappa shape index (κ1) is 17.8. The molecule has 7 heteroatoms. The van der Waals surface area contributed by atoms with Gasteiger partial charge in [-0.2, -0.15) is 0 Å². The van der Waals surface area contributed by atoms with Crippen molar-refractivity contribution in [2.75, 3.05) is 0 Å². The first-order valence-electron chi connectivity index (χ1n) is 5.08. The normalized spacial score (nSPS) is 11.3. The van der Waals surface area contributed by atoms with Gasteiger partial charge in [-0.15, -0.1) is 0 Å². The number of carboxylic acid groups (broad SMARTS) is 3. The summed E-state index contributed by atoms with van der Waals surface area (Å²) in [7, 11) is 0. The summed E-state index contributed by atoms with van der Waals surface area (Å²) in [5.41, 5.74) is 5.22. The summed E-state index contributed by atoms with van der Waals surface area (Å²) >= 11 is 0. The van der Waals surface area contributed by atoms with E-state index in [1.807, 2.05) is 13.8 Å². The van der Waals surface area contributed by atoms with Gasteiger partial charge in [-0.25, -0.2) is 0 Å². The Kier molecular flexibility index (Phi) is 10.0. The number of hydrogen-bond donors (Lipinski definition) is 4. The zero-order chi connectivity index (χ0) is 14.0. The number of rotatable bonds is 6. The topological polar surface area (TPSA) is 138 Å². The Hall–Kier alpha value is -1.63. The zero-order valence-corrected chi connectivity index (χ0v) is 9.92. The minimum atomic E-state index is -1.08. The zero-order valence-electron chi connectivity index (χ0n) is 9.92. The van der Waals surface area contributed by atoms with Crippen molar-refractivity contribution in [3.05, 3.63) is 0 Å². The van der Waals surface area contributed by atoms with Crippen molar-refractivity contribution in [1.82, 2.24) is 0 Å². The second-order valence-electron chi connectivity index (χ2n) is 3.86. The van der Waals surface area contributed by atoms with Crippen molar-refractivity contribution in [1.29, 1.82) is 0 Å². The molecule has 0 aromatic carbocycles. The van der Waals surface area contributed by atoms with Crippen LogP contribution >= 0.6 is 0 Å². The van der Waals surface area contributed by atoms with Gasteiger partial charge in [-0.1, -0.05) is 13.8 Å². The largest absolute Gasteiger partial charge is 0.481 e. The summed E-state index contributed by atoms with van der Waals surface area (Å²) in [6.45, 7) is 3.89. The van der Waals surface area contributed by atoms with Gasteiger partial charge in [0.25, 0.3) is 0 Å². The summed E-state index contributed by atoms with van der Waals surface area (Å²) < 4.78 is 0. The van der Waals surface area contributed by atoms with Gasteiger partial charge in [-0.05, 0) is 12.3 Å². The van der Waals surface area contributed by atoms with Crippen molar-refractivity contribution in [2.24, 2.45) is 11.7 Å². The molecule has 0 rings (SSSR count). The lowest BCUT2D eigenvalue weighted by atomic mass is 10.1. The molecule has 0 bridgehead atoms. The van der Waals surface area contributed by atoms with Gasteiger partial charge in [0.1, 0.15) is 6.04 Å². The lowest BCUT2D eigenvalue weighted by Crippen LogP contribution is -2.31. The second kappa shape index (κ2) is 9.59. The molecule has 7 nitrogen and oxygen atoms in total. The van der Waals surface area contributed by atoms with Crippen LogP contribution < -0.4 is 5.73 Å². The highest BCUT2D eigenvalue weighted by Gasteiger charge is 2.11. The summed E-state index contributed by atoms with van der Waals surface area (Å²) in [4.78, 5) is 29.4. The lowest BCUT2D eigenvalue weighted by molar-refractivity contribution is -0.143. The van der Waals surface area contributed by atoms with E-state index < -0.39 is 23.9 Å². The Morgan fingerprint density at radius 2 is 1.35 bits per heavy atom. The first-order valence-corrected chi connectivity index (χ1v) is 5.08. The second-order valence-corrected chi connectivity index (χ2v) is 3.86. The lowest BCUT2D eigenvalue weighted by Gasteiger charge is -2.07. The average molecular weight is 249 g/mol. The van der Waals surface area contributed by atoms with Crippen LogP contribution in [-0.4, -0.2) is 39.3 Å². The summed E-state index contributed by atoms with van der Waals surface area (Å²) in [5.74, 6) is -2.71. The molecule has 0 unspecified atom stereocenters. The summed E-state index contributed by atoms with van der Waals surface area (Å²) in [5, 5.41) is 24.1. The van der Waals surface area contributed by atoms with Crippen LogP contribution in [0.3, 0.4) is 0 Å². The van der Waals surface area contributed by atoms with E-state index in [-0.39, 0.29) is 12.8 Å². The molecule has 0 aliphatic heterocycles. The minimum Gasteiger partial charge on any atom is -0.481 e. The Morgan fingerprint density at radius 1 is 1.00 bits per heavy atom. The molecule has 0 spiro atoms. The van der Waals surface area contributed by atoms with Gasteiger partial charge in [0.2, 0.25) is 0 Å². The van der Waals surface area contributed by atoms with Gasteiger partial charge in [0, 0.05) is 0 Å². The van der Waals surface area contributed by atoms with E-state index in [0.29, 0.717) is 12.3 Å². The molecule has 0 saturated carbocycles. The molecule has 0 aliphatic rings. The van der Waals surface area contributed by atoms with Crippen LogP contribution in [0.2, 0.25) is 0 Å². The first-order chi connectivity index (χ1) is 7.66. The van der Waals surface area contributed by atoms with E-state index in [4.69, 9.17) is 21.1 Å². The number of carbonyl (C=O) groups is 3. The van der Waals surface area contributed by atoms with Gasteiger partial charge >= 0.3 is 17.9 Å². The Bertz CT molecular complexity index is 250. The van der Waals surface area contributed by atoms with Crippen LogP contribution in [0.1, 0.15) is 33.1 Å². The standard InChI is InChI=1S/C6H13NO2.C4H6O4/c1-4(2)3-5(7)6(8)9;5-3(6)1-2-4(7)8/h4-5H,3,7H2,1-2H3,(H,8,9);1-2H2,(H,5,6)(H,7,8)/t5-;/m0./s1. The van der Waals surface area contributed by atoms with Crippen molar-refractivity contribution in [3.8, 4) is 0 Å². The third-order valence-corrected chi connectivity index (χ3v) is 1.60. The van der Waals surface area contributed by atoms with Crippen molar-refractivity contribution in [2.45, 2.75) is 39.2 Å². The quantitative estimate of drug-likeness (QED) is 0.533. The highest BCUT2D eigenvalue weighted by Crippen LogP contribution is 2.01. The molecule has 0 heterocycles. The fourth-order valence-electron chi connectivity index (χ4n) is 0.823. The molecule has 0 amide bonds. The van der Waals surface area contributed by atoms with Gasteiger partial charge in [0.15, 0.2) is 0 Å². The van der Waals surface area contributed by atoms with Crippen molar-refractivity contribution < 1.29 is 29.7 Å². The van der Waals surface area contributed by atoms with Gasteiger partial charge in [-0.3, -0.25) is 14.4 Å². The minimum absolute atomic E-state index is 0.296. The molecule has 5 N–H and O–H groups in total. The Labute approximate surface area is 99.2 Å². The number of hydrogen-bond acceptors (Lipinski definition) is 4. The average Bonchev–Trinajstić information content (AvgIpc) is 2.14. The van der Waals surface area contributed by atoms with Gasteiger partial charge < -0.3 is 21.1 Å². The predicted molar refractivity (Wildman–Crippen MR) is 59.6 cm³/mol. The molecular weight excluding hydrogens is 230 g/mol. The Balaban J connectivity index is 0. The molecule has 100 valence electrons. The van der Waals surface area contributed by atoms with Crippen LogP contribution in [0.25, 0.3) is 0 Å². The molecule has 0 fully saturated rings. The fourth-order valence-corrected chi connectivity index (χ4v) is 0.823. The highest BCUT2D eigenvalue weighted by molar-refractivity contribution is 5.75. The van der Waals surface area contributed by atoms with Crippen molar-refractivity contribution >= 4 is 17.9 Å². The Morgan fingerprint density at radius 3 is 1.47 bits per heavy atom. The molecule has 0 saturated heterocycles. The van der Waals surface area contributed by atoms with Crippen LogP contribution in [0, 0.1) is 5.92 Å².